The number of aliphatic hydroxyl groups excluding tert-OH is 2. The fourth-order valence-electron chi connectivity index (χ4n) is 0.928. The molecule has 0 aromatic rings. The number of esters is 1. The molecule has 0 unspecified atom stereocenters. The van der Waals surface area contributed by atoms with Crippen LogP contribution in [0.2, 0.25) is 0 Å². The summed E-state index contributed by atoms with van der Waals surface area (Å²) in [5.41, 5.74) is 0. The number of carbonyl (C=O) groups is 1. The molecule has 1 heterocycles. The summed E-state index contributed by atoms with van der Waals surface area (Å²) in [4.78, 5) is 10.6. The molecule has 2 N–H and O–H groups in total. The Morgan fingerprint density at radius 1 is 1.64 bits per heavy atom. The molecule has 64 valence electrons. The molecule has 5 heteroatoms. The van der Waals surface area contributed by atoms with E-state index in [4.69, 9.17) is 10.2 Å². The fraction of sp³-hybridized carbons (Fsp3) is 0.833. The van der Waals surface area contributed by atoms with E-state index in [-0.39, 0.29) is 6.61 Å². The Hall–Kier alpha value is -0.650. The van der Waals surface area contributed by atoms with Crippen LogP contribution in [0.15, 0.2) is 0 Å². The number of hydrogen-bond acceptors (Lipinski definition) is 5. The van der Waals surface area contributed by atoms with Crippen LogP contribution in [0.5, 0.6) is 0 Å². The quantitative estimate of drug-likeness (QED) is 0.472. The molecule has 0 aromatic heterocycles. The normalized spacial score (nSPS) is 37.4. The van der Waals surface area contributed by atoms with Crippen molar-refractivity contribution in [2.75, 3.05) is 13.7 Å². The summed E-state index contributed by atoms with van der Waals surface area (Å²) in [6, 6.07) is 0. The van der Waals surface area contributed by atoms with Crippen molar-refractivity contribution >= 4 is 5.97 Å². The summed E-state index contributed by atoms with van der Waals surface area (Å²) >= 11 is 0. The molecular formula is C6H10O5. The van der Waals surface area contributed by atoms with E-state index in [0.717, 1.165) is 0 Å². The second-order valence-electron chi connectivity index (χ2n) is 2.37. The fourth-order valence-corrected chi connectivity index (χ4v) is 0.928. The van der Waals surface area contributed by atoms with E-state index in [1.807, 2.05) is 0 Å². The molecule has 0 aliphatic carbocycles. The molecule has 0 saturated carbocycles. The predicted molar refractivity (Wildman–Crippen MR) is 33.8 cm³/mol. The van der Waals surface area contributed by atoms with Crippen LogP contribution < -0.4 is 0 Å². The monoisotopic (exact) mass is 162 g/mol. The van der Waals surface area contributed by atoms with E-state index in [2.05, 4.69) is 9.47 Å². The highest BCUT2D eigenvalue weighted by atomic mass is 16.6. The third kappa shape index (κ3) is 1.50. The van der Waals surface area contributed by atoms with Gasteiger partial charge in [-0.15, -0.1) is 0 Å². The molecule has 1 aliphatic rings. The Labute approximate surface area is 63.5 Å². The van der Waals surface area contributed by atoms with Crippen LogP contribution in [0.1, 0.15) is 0 Å². The van der Waals surface area contributed by atoms with Crippen molar-refractivity contribution < 1.29 is 24.5 Å². The van der Waals surface area contributed by atoms with Crippen molar-refractivity contribution in [2.24, 2.45) is 0 Å². The molecule has 1 fully saturated rings. The lowest BCUT2D eigenvalue weighted by molar-refractivity contribution is -0.148. The number of hydrogen-bond donors (Lipinski definition) is 2. The first-order valence-electron chi connectivity index (χ1n) is 3.22. The zero-order chi connectivity index (χ0) is 8.43. The second kappa shape index (κ2) is 3.17. The number of methoxy groups -OCH3 is 1. The Kier molecular flexibility index (Phi) is 2.43. The van der Waals surface area contributed by atoms with E-state index in [0.29, 0.717) is 0 Å². The number of rotatable bonds is 2. The van der Waals surface area contributed by atoms with Crippen molar-refractivity contribution in [2.45, 2.75) is 18.3 Å². The van der Waals surface area contributed by atoms with Crippen LogP contribution in [0.25, 0.3) is 0 Å². The summed E-state index contributed by atoms with van der Waals surface area (Å²) in [7, 11) is 1.42. The zero-order valence-corrected chi connectivity index (χ0v) is 6.06. The van der Waals surface area contributed by atoms with Crippen LogP contribution in [0.4, 0.5) is 0 Å². The molecule has 3 atom stereocenters. The molecule has 0 radical (unpaired) electrons. The van der Waals surface area contributed by atoms with Crippen molar-refractivity contribution in [1.82, 2.24) is 0 Å². The van der Waals surface area contributed by atoms with Gasteiger partial charge in [-0.2, -0.15) is 0 Å². The average molecular weight is 162 g/mol. The van der Waals surface area contributed by atoms with Gasteiger partial charge >= 0.3 is 5.97 Å². The van der Waals surface area contributed by atoms with Gasteiger partial charge in [-0.05, 0) is 0 Å². The maximum Gasteiger partial charge on any atom is 0.338 e. The smallest absolute Gasteiger partial charge is 0.338 e. The Morgan fingerprint density at radius 3 is 2.64 bits per heavy atom. The molecule has 1 saturated heterocycles. The van der Waals surface area contributed by atoms with Crippen molar-refractivity contribution in [3.8, 4) is 0 Å². The summed E-state index contributed by atoms with van der Waals surface area (Å²) in [5, 5.41) is 18.0. The lowest BCUT2D eigenvalue weighted by atomic mass is 10.1. The maximum atomic E-state index is 10.6. The topological polar surface area (TPSA) is 76.0 Å². The minimum atomic E-state index is -1.42. The van der Waals surface area contributed by atoms with Crippen molar-refractivity contribution in [1.29, 1.82) is 0 Å². The highest BCUT2D eigenvalue weighted by Gasteiger charge is 2.42. The van der Waals surface area contributed by atoms with Crippen LogP contribution in [0, 0.1) is 0 Å². The second-order valence-corrected chi connectivity index (χ2v) is 2.37. The van der Waals surface area contributed by atoms with Gasteiger partial charge in [0.15, 0.2) is 12.2 Å². The minimum absolute atomic E-state index is 0.101. The van der Waals surface area contributed by atoms with Crippen molar-refractivity contribution in [3.63, 3.8) is 0 Å². The van der Waals surface area contributed by atoms with Gasteiger partial charge in [0.1, 0.15) is 6.10 Å². The van der Waals surface area contributed by atoms with Gasteiger partial charge in [0, 0.05) is 7.11 Å². The van der Waals surface area contributed by atoms with Crippen LogP contribution in [0.3, 0.4) is 0 Å². The third-order valence-electron chi connectivity index (χ3n) is 1.54. The molecule has 0 amide bonds. The molecule has 11 heavy (non-hydrogen) atoms. The lowest BCUT2D eigenvalue weighted by Gasteiger charge is -2.11. The number of cyclic esters (lactones) is 1. The summed E-state index contributed by atoms with van der Waals surface area (Å²) in [5.74, 6) is -0.792. The highest BCUT2D eigenvalue weighted by Crippen LogP contribution is 2.15. The largest absolute Gasteiger partial charge is 0.455 e. The number of ether oxygens (including phenoxy) is 2. The van der Waals surface area contributed by atoms with E-state index >= 15 is 0 Å². The van der Waals surface area contributed by atoms with Gasteiger partial charge in [0.25, 0.3) is 0 Å². The van der Waals surface area contributed by atoms with Crippen LogP contribution >= 0.6 is 0 Å². The minimum Gasteiger partial charge on any atom is -0.455 e. The van der Waals surface area contributed by atoms with E-state index < -0.39 is 24.3 Å². The standard InChI is InChI=1S/C6H10O5/c1-10-2-3-4(7)5(8)6(9)11-3/h3-5,7-8H,2H2,1H3/t3-,4-,5-/m1/s1. The molecule has 0 aromatic carbocycles. The summed E-state index contributed by atoms with van der Waals surface area (Å²) < 4.78 is 9.21. The maximum absolute atomic E-state index is 10.6. The van der Waals surface area contributed by atoms with Gasteiger partial charge in [0.05, 0.1) is 6.61 Å². The third-order valence-corrected chi connectivity index (χ3v) is 1.54. The van der Waals surface area contributed by atoms with Crippen molar-refractivity contribution in [3.05, 3.63) is 0 Å². The molecule has 0 spiro atoms. The lowest BCUT2D eigenvalue weighted by Crippen LogP contribution is -2.33. The highest BCUT2D eigenvalue weighted by molar-refractivity contribution is 5.77. The SMILES string of the molecule is COC[C@H]1OC(=O)[C@H](O)[C@@H]1O. The van der Waals surface area contributed by atoms with Gasteiger partial charge < -0.3 is 19.7 Å². The first kappa shape index (κ1) is 8.45. The van der Waals surface area contributed by atoms with Gasteiger partial charge in [-0.3, -0.25) is 0 Å². The summed E-state index contributed by atoms with van der Waals surface area (Å²) in [6.07, 6.45) is -3.32. The molecule has 5 nitrogen and oxygen atoms in total. The Balaban J connectivity index is 2.52. The molecule has 1 aliphatic heterocycles. The molecule has 1 rings (SSSR count). The van der Waals surface area contributed by atoms with Crippen LogP contribution in [-0.2, 0) is 14.3 Å². The van der Waals surface area contributed by atoms with E-state index in [9.17, 15) is 4.79 Å². The van der Waals surface area contributed by atoms with Crippen LogP contribution in [-0.4, -0.2) is 48.2 Å². The van der Waals surface area contributed by atoms with E-state index in [1.54, 1.807) is 0 Å². The predicted octanol–water partition coefficient (Wildman–Crippen LogP) is -1.72. The molecule has 0 bridgehead atoms. The average Bonchev–Trinajstić information content (AvgIpc) is 2.19. The van der Waals surface area contributed by atoms with Gasteiger partial charge in [-0.25, -0.2) is 4.79 Å². The first-order chi connectivity index (χ1) is 5.16. The summed E-state index contributed by atoms with van der Waals surface area (Å²) in [6.45, 7) is 0.101. The Bertz CT molecular complexity index is 157. The molecular weight excluding hydrogens is 152 g/mol. The van der Waals surface area contributed by atoms with Gasteiger partial charge in [-0.1, -0.05) is 0 Å². The first-order valence-corrected chi connectivity index (χ1v) is 3.22. The van der Waals surface area contributed by atoms with Gasteiger partial charge in [0.2, 0.25) is 0 Å². The van der Waals surface area contributed by atoms with E-state index in [1.165, 1.54) is 7.11 Å². The number of carbonyl (C=O) groups excluding carboxylic acids is 1. The zero-order valence-electron chi connectivity index (χ0n) is 6.06. The number of aliphatic hydroxyl groups is 2. The Morgan fingerprint density at radius 2 is 2.27 bits per heavy atom.